The quantitative estimate of drug-likeness (QED) is 0.561. The van der Waals surface area contributed by atoms with Gasteiger partial charge < -0.3 is 15.4 Å². The molecule has 7 heteroatoms. The van der Waals surface area contributed by atoms with Gasteiger partial charge in [0.2, 0.25) is 0 Å². The zero-order chi connectivity index (χ0) is 21.7. The molecular weight excluding hydrogens is 394 g/mol. The Hall–Kier alpha value is -2.87. The third-order valence-electron chi connectivity index (χ3n) is 5.52. The second-order valence-electron chi connectivity index (χ2n) is 7.77. The van der Waals surface area contributed by atoms with E-state index in [1.165, 1.54) is 11.8 Å². The van der Waals surface area contributed by atoms with E-state index in [2.05, 4.69) is 17.0 Å². The third kappa shape index (κ3) is 4.48. The first kappa shape index (κ1) is 21.8. The fraction of sp³-hybridized carbons (Fsp3) is 0.391. The number of anilines is 1. The van der Waals surface area contributed by atoms with E-state index in [0.29, 0.717) is 47.0 Å². The van der Waals surface area contributed by atoms with Crippen molar-refractivity contribution in [3.8, 4) is 12.1 Å². The maximum atomic E-state index is 11.8. The molecule has 30 heavy (non-hydrogen) atoms. The zero-order valence-electron chi connectivity index (χ0n) is 17.3. The lowest BCUT2D eigenvalue weighted by Gasteiger charge is -2.38. The van der Waals surface area contributed by atoms with E-state index >= 15 is 0 Å². The molecule has 1 fully saturated rings. The summed E-state index contributed by atoms with van der Waals surface area (Å²) >= 11 is 1.26. The Morgan fingerprint density at radius 3 is 2.40 bits per heavy atom. The summed E-state index contributed by atoms with van der Waals surface area (Å²) in [6.45, 7) is 5.36. The van der Waals surface area contributed by atoms with Gasteiger partial charge in [-0.15, -0.1) is 0 Å². The summed E-state index contributed by atoms with van der Waals surface area (Å²) in [7, 11) is 0. The number of aromatic nitrogens is 1. The van der Waals surface area contributed by atoms with Gasteiger partial charge in [0.05, 0.1) is 16.4 Å². The van der Waals surface area contributed by atoms with Gasteiger partial charge in [-0.3, -0.25) is 0 Å². The van der Waals surface area contributed by atoms with Crippen molar-refractivity contribution in [1.82, 2.24) is 4.98 Å². The molecular formula is C23H25N5OS. The van der Waals surface area contributed by atoms with Crippen LogP contribution in [-0.2, 0) is 11.2 Å². The highest BCUT2D eigenvalue weighted by molar-refractivity contribution is 8.00. The smallest absolute Gasteiger partial charge is 0.148 e. The van der Waals surface area contributed by atoms with Crippen LogP contribution in [0.2, 0.25) is 0 Å². The topological polar surface area (TPSA) is 107 Å². The summed E-state index contributed by atoms with van der Waals surface area (Å²) in [5.74, 6) is 0.587. The number of thioether (sulfide) groups is 1. The second-order valence-corrected chi connectivity index (χ2v) is 8.90. The van der Waals surface area contributed by atoms with Crippen molar-refractivity contribution < 1.29 is 4.79 Å². The molecule has 1 saturated heterocycles. The highest BCUT2D eigenvalue weighted by Gasteiger charge is 2.30. The number of carbonyl (C=O) groups is 1. The molecule has 1 unspecified atom stereocenters. The number of benzene rings is 1. The van der Waals surface area contributed by atoms with E-state index in [1.54, 1.807) is 0 Å². The van der Waals surface area contributed by atoms with Gasteiger partial charge in [0.15, 0.2) is 0 Å². The highest BCUT2D eigenvalue weighted by Crippen LogP contribution is 2.39. The first-order chi connectivity index (χ1) is 14.4. The standard InChI is InChI=1S/C23H25N5OS/c1-3-17-18(13-24)21(28-11-9-23(2,26)10-12-28)27-22(19(17)14-25)30-20(15-29)16-7-5-4-6-8-16/h4-8,15,20H,3,9-12,26H2,1-2H3. The summed E-state index contributed by atoms with van der Waals surface area (Å²) in [5, 5.41) is 19.7. The average Bonchev–Trinajstić information content (AvgIpc) is 2.76. The lowest BCUT2D eigenvalue weighted by atomic mass is 9.90. The Morgan fingerprint density at radius 1 is 1.23 bits per heavy atom. The molecule has 2 N–H and O–H groups in total. The van der Waals surface area contributed by atoms with Crippen molar-refractivity contribution in [3.05, 3.63) is 52.6 Å². The first-order valence-corrected chi connectivity index (χ1v) is 10.9. The van der Waals surface area contributed by atoms with Crippen LogP contribution in [0.25, 0.3) is 0 Å². The minimum absolute atomic E-state index is 0.225. The van der Waals surface area contributed by atoms with Crippen molar-refractivity contribution in [2.24, 2.45) is 5.73 Å². The van der Waals surface area contributed by atoms with Crippen LogP contribution >= 0.6 is 11.8 Å². The van der Waals surface area contributed by atoms with Gasteiger partial charge in [-0.1, -0.05) is 49.0 Å². The number of carbonyl (C=O) groups excluding carboxylic acids is 1. The van der Waals surface area contributed by atoms with Crippen LogP contribution in [0, 0.1) is 22.7 Å². The molecule has 1 atom stereocenters. The molecule has 2 aromatic rings. The number of piperidine rings is 1. The fourth-order valence-electron chi connectivity index (χ4n) is 3.66. The van der Waals surface area contributed by atoms with Gasteiger partial charge in [0.25, 0.3) is 0 Å². The molecule has 1 aliphatic rings. The lowest BCUT2D eigenvalue weighted by molar-refractivity contribution is -0.107. The van der Waals surface area contributed by atoms with Crippen LogP contribution in [-0.4, -0.2) is 29.9 Å². The summed E-state index contributed by atoms with van der Waals surface area (Å²) < 4.78 is 0. The summed E-state index contributed by atoms with van der Waals surface area (Å²) in [6, 6.07) is 13.9. The van der Waals surface area contributed by atoms with Gasteiger partial charge >= 0.3 is 0 Å². The number of nitriles is 2. The predicted octanol–water partition coefficient (Wildman–Crippen LogP) is 3.74. The molecule has 0 aliphatic carbocycles. The van der Waals surface area contributed by atoms with Gasteiger partial charge in [0, 0.05) is 18.6 Å². The molecule has 3 rings (SSSR count). The molecule has 0 radical (unpaired) electrons. The normalized spacial score (nSPS) is 16.4. The minimum Gasteiger partial charge on any atom is -0.355 e. The molecule has 0 saturated carbocycles. The Balaban J connectivity index is 2.07. The molecule has 6 nitrogen and oxygen atoms in total. The predicted molar refractivity (Wildman–Crippen MR) is 118 cm³/mol. The number of nitrogens with two attached hydrogens (primary N) is 1. The number of rotatable bonds is 6. The number of hydrogen-bond donors (Lipinski definition) is 1. The van der Waals surface area contributed by atoms with Crippen molar-refractivity contribution in [3.63, 3.8) is 0 Å². The van der Waals surface area contributed by atoms with Crippen molar-refractivity contribution >= 4 is 23.9 Å². The molecule has 154 valence electrons. The molecule has 0 spiro atoms. The molecule has 0 bridgehead atoms. The first-order valence-electron chi connectivity index (χ1n) is 10.0. The molecule has 1 aromatic heterocycles. The molecule has 1 aromatic carbocycles. The van der Waals surface area contributed by atoms with Crippen LogP contribution in [0.15, 0.2) is 35.4 Å². The second kappa shape index (κ2) is 9.30. The van der Waals surface area contributed by atoms with E-state index in [-0.39, 0.29) is 5.54 Å². The van der Waals surface area contributed by atoms with Crippen LogP contribution in [0.1, 0.15) is 54.2 Å². The number of pyridine rings is 1. The van der Waals surface area contributed by atoms with Gasteiger partial charge in [-0.2, -0.15) is 10.5 Å². The van der Waals surface area contributed by atoms with Crippen molar-refractivity contribution in [1.29, 1.82) is 10.5 Å². The Bertz CT molecular complexity index is 997. The van der Waals surface area contributed by atoms with Crippen molar-refractivity contribution in [2.45, 2.75) is 48.9 Å². The van der Waals surface area contributed by atoms with E-state index in [9.17, 15) is 15.3 Å². The van der Waals surface area contributed by atoms with Gasteiger partial charge in [-0.25, -0.2) is 4.98 Å². The van der Waals surface area contributed by atoms with Crippen LogP contribution in [0.3, 0.4) is 0 Å². The van der Waals surface area contributed by atoms with Crippen LogP contribution in [0.4, 0.5) is 5.82 Å². The highest BCUT2D eigenvalue weighted by atomic mass is 32.2. The van der Waals surface area contributed by atoms with Gasteiger partial charge in [0.1, 0.15) is 29.3 Å². The fourth-order valence-corrected chi connectivity index (χ4v) is 4.68. The average molecular weight is 420 g/mol. The summed E-state index contributed by atoms with van der Waals surface area (Å²) in [5.41, 5.74) is 8.41. The Kier molecular flexibility index (Phi) is 6.77. The Labute approximate surface area is 181 Å². The summed E-state index contributed by atoms with van der Waals surface area (Å²) in [4.78, 5) is 18.7. The maximum absolute atomic E-state index is 11.8. The summed E-state index contributed by atoms with van der Waals surface area (Å²) in [6.07, 6.45) is 3.00. The van der Waals surface area contributed by atoms with E-state index in [0.717, 1.165) is 24.7 Å². The molecule has 0 amide bonds. The third-order valence-corrected chi connectivity index (χ3v) is 6.68. The lowest BCUT2D eigenvalue weighted by Crippen LogP contribution is -2.48. The molecule has 1 aliphatic heterocycles. The zero-order valence-corrected chi connectivity index (χ0v) is 18.1. The molecule has 2 heterocycles. The number of nitrogens with zero attached hydrogens (tertiary/aromatic N) is 4. The maximum Gasteiger partial charge on any atom is 0.148 e. The van der Waals surface area contributed by atoms with Gasteiger partial charge in [-0.05, 0) is 37.3 Å². The largest absolute Gasteiger partial charge is 0.355 e. The van der Waals surface area contributed by atoms with E-state index < -0.39 is 5.25 Å². The van der Waals surface area contributed by atoms with E-state index in [1.807, 2.05) is 44.2 Å². The Morgan fingerprint density at radius 2 is 1.87 bits per heavy atom. The minimum atomic E-state index is -0.481. The monoisotopic (exact) mass is 419 g/mol. The van der Waals surface area contributed by atoms with Crippen molar-refractivity contribution in [2.75, 3.05) is 18.0 Å². The van der Waals surface area contributed by atoms with Crippen LogP contribution in [0.5, 0.6) is 0 Å². The van der Waals surface area contributed by atoms with Crippen LogP contribution < -0.4 is 10.6 Å². The van der Waals surface area contributed by atoms with E-state index in [4.69, 9.17) is 10.7 Å². The number of hydrogen-bond acceptors (Lipinski definition) is 7. The number of aldehydes is 1. The SMILES string of the molecule is CCc1c(C#N)c(SC(C=O)c2ccccc2)nc(N2CCC(C)(N)CC2)c1C#N.